The van der Waals surface area contributed by atoms with Gasteiger partial charge in [-0.1, -0.05) is 109 Å². The second-order valence-electron chi connectivity index (χ2n) is 10.9. The summed E-state index contributed by atoms with van der Waals surface area (Å²) in [6.07, 6.45) is 0. The van der Waals surface area contributed by atoms with Gasteiger partial charge in [-0.15, -0.1) is 11.3 Å². The molecule has 0 amide bonds. The SMILES string of the molecule is c1ccc(N(c2ccc(-c3cccc4c3oc3ccccc34)cc2)c2cccc3c2ccc2c4ccccc4sc32)cc1. The summed E-state index contributed by atoms with van der Waals surface area (Å²) < 4.78 is 9.01. The van der Waals surface area contributed by atoms with E-state index in [2.05, 4.69) is 144 Å². The quantitative estimate of drug-likeness (QED) is 0.210. The lowest BCUT2D eigenvalue weighted by Crippen LogP contribution is -2.10. The maximum absolute atomic E-state index is 6.35. The summed E-state index contributed by atoms with van der Waals surface area (Å²) in [6.45, 7) is 0. The van der Waals surface area contributed by atoms with Gasteiger partial charge in [0.15, 0.2) is 0 Å². The van der Waals surface area contributed by atoms with Gasteiger partial charge >= 0.3 is 0 Å². The molecule has 0 N–H and O–H groups in total. The van der Waals surface area contributed by atoms with E-state index in [-0.39, 0.29) is 0 Å². The molecule has 2 heterocycles. The zero-order valence-electron chi connectivity index (χ0n) is 23.2. The zero-order valence-corrected chi connectivity index (χ0v) is 24.0. The molecule has 0 fully saturated rings. The summed E-state index contributed by atoms with van der Waals surface area (Å²) in [7, 11) is 0. The molecular formula is C40H25NOS. The summed E-state index contributed by atoms with van der Waals surface area (Å²) >= 11 is 1.88. The van der Waals surface area contributed by atoms with Crippen molar-refractivity contribution in [2.45, 2.75) is 0 Å². The number of hydrogen-bond acceptors (Lipinski definition) is 3. The summed E-state index contributed by atoms with van der Waals surface area (Å²) in [6, 6.07) is 54.1. The van der Waals surface area contributed by atoms with Gasteiger partial charge in [-0.2, -0.15) is 0 Å². The van der Waals surface area contributed by atoms with Crippen molar-refractivity contribution in [3.05, 3.63) is 152 Å². The molecule has 7 aromatic carbocycles. The summed E-state index contributed by atoms with van der Waals surface area (Å²) in [5.41, 5.74) is 7.47. The number of para-hydroxylation sites is 3. The van der Waals surface area contributed by atoms with Crippen molar-refractivity contribution in [1.29, 1.82) is 0 Å². The normalized spacial score (nSPS) is 11.7. The maximum Gasteiger partial charge on any atom is 0.143 e. The average molecular weight is 568 g/mol. The van der Waals surface area contributed by atoms with E-state index < -0.39 is 0 Å². The second-order valence-corrected chi connectivity index (χ2v) is 12.0. The highest BCUT2D eigenvalue weighted by Gasteiger charge is 2.18. The van der Waals surface area contributed by atoms with Crippen molar-refractivity contribution in [3.8, 4) is 11.1 Å². The minimum atomic E-state index is 0.917. The standard InChI is InChI=1S/C40H25NOS/c1-2-10-27(11-3-1)41(36-17-9-16-34-30(36)24-25-35-32-13-5-7-19-38(32)43-40(34)35)28-22-20-26(21-23-28)29-14-8-15-33-31-12-4-6-18-37(31)42-39(29)33/h1-25H. The Bertz CT molecular complexity index is 2450. The van der Waals surface area contributed by atoms with Crippen LogP contribution in [0.1, 0.15) is 0 Å². The van der Waals surface area contributed by atoms with Crippen LogP contribution >= 0.6 is 11.3 Å². The third-order valence-corrected chi connectivity index (χ3v) is 9.69. The number of nitrogens with zero attached hydrogens (tertiary/aromatic N) is 1. The molecule has 3 heteroatoms. The van der Waals surface area contributed by atoms with Gasteiger partial charge in [0.2, 0.25) is 0 Å². The van der Waals surface area contributed by atoms with Gasteiger partial charge in [0.05, 0.1) is 5.69 Å². The van der Waals surface area contributed by atoms with Crippen LogP contribution in [0, 0.1) is 0 Å². The molecule has 9 aromatic rings. The number of rotatable bonds is 4. The van der Waals surface area contributed by atoms with Crippen molar-refractivity contribution < 1.29 is 4.42 Å². The molecule has 9 rings (SSSR count). The van der Waals surface area contributed by atoms with Crippen LogP contribution in [0.3, 0.4) is 0 Å². The molecule has 202 valence electrons. The maximum atomic E-state index is 6.35. The van der Waals surface area contributed by atoms with Gasteiger partial charge in [-0.25, -0.2) is 0 Å². The number of anilines is 3. The van der Waals surface area contributed by atoms with Crippen LogP contribution in [0.5, 0.6) is 0 Å². The smallest absolute Gasteiger partial charge is 0.143 e. The molecule has 0 bridgehead atoms. The molecule has 0 saturated heterocycles. The number of benzene rings is 7. The van der Waals surface area contributed by atoms with Crippen molar-refractivity contribution in [3.63, 3.8) is 0 Å². The monoisotopic (exact) mass is 567 g/mol. The molecule has 0 radical (unpaired) electrons. The van der Waals surface area contributed by atoms with Crippen molar-refractivity contribution >= 4 is 81.3 Å². The Labute approximate surface area is 252 Å². The van der Waals surface area contributed by atoms with Gasteiger partial charge < -0.3 is 9.32 Å². The van der Waals surface area contributed by atoms with Crippen molar-refractivity contribution in [2.75, 3.05) is 4.90 Å². The van der Waals surface area contributed by atoms with Crippen LogP contribution in [-0.4, -0.2) is 0 Å². The molecule has 0 spiro atoms. The molecule has 43 heavy (non-hydrogen) atoms. The Morgan fingerprint density at radius 1 is 0.442 bits per heavy atom. The first-order valence-electron chi connectivity index (χ1n) is 14.5. The summed E-state index contributed by atoms with van der Waals surface area (Å²) in [5, 5.41) is 7.46. The van der Waals surface area contributed by atoms with Crippen LogP contribution < -0.4 is 4.90 Å². The Kier molecular flexibility index (Phi) is 5.40. The average Bonchev–Trinajstić information content (AvgIpc) is 3.65. The van der Waals surface area contributed by atoms with E-state index in [1.807, 2.05) is 23.5 Å². The fraction of sp³-hybridized carbons (Fsp3) is 0. The van der Waals surface area contributed by atoms with Gasteiger partial charge in [0.1, 0.15) is 11.2 Å². The van der Waals surface area contributed by atoms with Gasteiger partial charge in [-0.05, 0) is 48.0 Å². The fourth-order valence-electron chi connectivity index (χ4n) is 6.49. The topological polar surface area (TPSA) is 16.4 Å². The number of hydrogen-bond donors (Lipinski definition) is 0. The van der Waals surface area contributed by atoms with Crippen LogP contribution in [-0.2, 0) is 0 Å². The fourth-order valence-corrected chi connectivity index (χ4v) is 7.72. The minimum Gasteiger partial charge on any atom is -0.455 e. The van der Waals surface area contributed by atoms with Crippen LogP contribution in [0.4, 0.5) is 17.1 Å². The molecule has 0 saturated carbocycles. The van der Waals surface area contributed by atoms with E-state index in [1.165, 1.54) is 30.9 Å². The Morgan fingerprint density at radius 3 is 1.98 bits per heavy atom. The zero-order chi connectivity index (χ0) is 28.3. The minimum absolute atomic E-state index is 0.917. The first-order chi connectivity index (χ1) is 21.3. The molecule has 0 aliphatic carbocycles. The lowest BCUT2D eigenvalue weighted by Gasteiger charge is -2.27. The van der Waals surface area contributed by atoms with Crippen LogP contribution in [0.25, 0.3) is 64.0 Å². The van der Waals surface area contributed by atoms with E-state index in [1.54, 1.807) is 0 Å². The summed E-state index contributed by atoms with van der Waals surface area (Å²) in [5.74, 6) is 0. The molecule has 0 atom stereocenters. The highest BCUT2D eigenvalue weighted by Crippen LogP contribution is 2.44. The van der Waals surface area contributed by atoms with E-state index in [0.29, 0.717) is 0 Å². The Morgan fingerprint density at radius 2 is 1.09 bits per heavy atom. The highest BCUT2D eigenvalue weighted by atomic mass is 32.1. The molecule has 0 aliphatic heterocycles. The van der Waals surface area contributed by atoms with Gasteiger partial charge in [0, 0.05) is 58.7 Å². The van der Waals surface area contributed by atoms with E-state index in [0.717, 1.165) is 50.1 Å². The Hall–Kier alpha value is -5.38. The van der Waals surface area contributed by atoms with E-state index in [9.17, 15) is 0 Å². The van der Waals surface area contributed by atoms with Crippen molar-refractivity contribution in [1.82, 2.24) is 0 Å². The third kappa shape index (κ3) is 3.79. The van der Waals surface area contributed by atoms with Gasteiger partial charge in [0.25, 0.3) is 0 Å². The molecule has 0 unspecified atom stereocenters. The first kappa shape index (κ1) is 24.2. The largest absolute Gasteiger partial charge is 0.455 e. The highest BCUT2D eigenvalue weighted by molar-refractivity contribution is 7.26. The van der Waals surface area contributed by atoms with Crippen LogP contribution in [0.15, 0.2) is 156 Å². The third-order valence-electron chi connectivity index (χ3n) is 8.47. The number of furan rings is 1. The molecule has 2 nitrogen and oxygen atoms in total. The van der Waals surface area contributed by atoms with Gasteiger partial charge in [-0.3, -0.25) is 0 Å². The van der Waals surface area contributed by atoms with Crippen LogP contribution in [0.2, 0.25) is 0 Å². The second kappa shape index (κ2) is 9.59. The molecular weight excluding hydrogens is 543 g/mol. The van der Waals surface area contributed by atoms with E-state index in [4.69, 9.17) is 4.42 Å². The number of fused-ring (bicyclic) bond motifs is 8. The molecule has 2 aromatic heterocycles. The summed E-state index contributed by atoms with van der Waals surface area (Å²) in [4.78, 5) is 2.37. The van der Waals surface area contributed by atoms with E-state index >= 15 is 0 Å². The number of thiophene rings is 1. The predicted molar refractivity (Wildman–Crippen MR) is 184 cm³/mol. The van der Waals surface area contributed by atoms with Crippen molar-refractivity contribution in [2.24, 2.45) is 0 Å². The Balaban J connectivity index is 1.21. The molecule has 0 aliphatic rings. The lowest BCUT2D eigenvalue weighted by atomic mass is 10.0. The first-order valence-corrected chi connectivity index (χ1v) is 15.3. The lowest BCUT2D eigenvalue weighted by molar-refractivity contribution is 0.670. The predicted octanol–water partition coefficient (Wildman–Crippen LogP) is 12.2.